The molecule has 1 N–H and O–H groups in total. The van der Waals surface area contributed by atoms with E-state index >= 15 is 0 Å². The molecule has 0 aliphatic heterocycles. The zero-order chi connectivity index (χ0) is 21.6. The van der Waals surface area contributed by atoms with E-state index in [-0.39, 0.29) is 5.91 Å². The fourth-order valence-electron chi connectivity index (χ4n) is 3.02. The number of pyridine rings is 2. The Hall–Kier alpha value is -3.64. The molecule has 1 amide bonds. The lowest BCUT2D eigenvalue weighted by molar-refractivity contribution is 0.0951. The van der Waals surface area contributed by atoms with Gasteiger partial charge in [-0.25, -0.2) is 9.97 Å². The Balaban J connectivity index is 1.38. The van der Waals surface area contributed by atoms with E-state index in [1.165, 1.54) is 0 Å². The predicted octanol–water partition coefficient (Wildman–Crippen LogP) is 5.40. The summed E-state index contributed by atoms with van der Waals surface area (Å²) in [6.07, 6.45) is 1.67. The molecule has 7 heteroatoms. The lowest BCUT2D eigenvalue weighted by Gasteiger charge is -2.11. The first-order chi connectivity index (χ1) is 15.1. The third-order valence-electron chi connectivity index (χ3n) is 4.53. The quantitative estimate of drug-likeness (QED) is 0.395. The molecule has 4 aromatic rings. The first-order valence-corrected chi connectivity index (χ1v) is 10.2. The van der Waals surface area contributed by atoms with Crippen LogP contribution in [0.5, 0.6) is 17.4 Å². The van der Waals surface area contributed by atoms with E-state index in [9.17, 15) is 4.79 Å². The Labute approximate surface area is 184 Å². The number of carbonyl (C=O) groups excluding carboxylic acids is 1. The molecule has 2 heterocycles. The lowest BCUT2D eigenvalue weighted by atomic mass is 10.1. The summed E-state index contributed by atoms with van der Waals surface area (Å²) in [5, 5.41) is 4.18. The molecule has 31 heavy (non-hydrogen) atoms. The molecular weight excluding hydrogens is 414 g/mol. The number of hydrogen-bond donors (Lipinski definition) is 1. The number of rotatable bonds is 7. The highest BCUT2D eigenvalue weighted by molar-refractivity contribution is 6.29. The molecule has 0 unspecified atom stereocenters. The first-order valence-electron chi connectivity index (χ1n) is 9.81. The molecule has 6 nitrogen and oxygen atoms in total. The minimum atomic E-state index is -0.178. The third-order valence-corrected chi connectivity index (χ3v) is 4.74. The monoisotopic (exact) mass is 433 g/mol. The topological polar surface area (TPSA) is 73.3 Å². The van der Waals surface area contributed by atoms with Crippen LogP contribution in [-0.2, 0) is 6.54 Å². The normalized spacial score (nSPS) is 10.6. The van der Waals surface area contributed by atoms with Crippen molar-refractivity contribution in [3.05, 3.63) is 89.2 Å². The standard InChI is InChI=1S/C24H20ClN3O3/c1-2-30-20-5-3-4-6-21(20)31-23-12-7-16(14-26-23)15-27-24(29)18-8-10-19-17(13-18)9-11-22(25)28-19/h3-14H,2,15H2,1H3,(H,27,29). The van der Waals surface area contributed by atoms with Crippen molar-refractivity contribution in [3.63, 3.8) is 0 Å². The minimum Gasteiger partial charge on any atom is -0.490 e. The number of fused-ring (bicyclic) bond motifs is 1. The van der Waals surface area contributed by atoms with Crippen LogP contribution in [0.2, 0.25) is 5.15 Å². The van der Waals surface area contributed by atoms with E-state index in [1.54, 1.807) is 36.5 Å². The van der Waals surface area contributed by atoms with Crippen molar-refractivity contribution < 1.29 is 14.3 Å². The highest BCUT2D eigenvalue weighted by Crippen LogP contribution is 2.30. The zero-order valence-corrected chi connectivity index (χ0v) is 17.6. The highest BCUT2D eigenvalue weighted by atomic mass is 35.5. The number of carbonyl (C=O) groups is 1. The summed E-state index contributed by atoms with van der Waals surface area (Å²) in [5.74, 6) is 1.53. The Bertz CT molecular complexity index is 1210. The number of nitrogens with zero attached hydrogens (tertiary/aromatic N) is 2. The molecule has 0 atom stereocenters. The molecule has 0 aliphatic carbocycles. The maximum atomic E-state index is 12.5. The van der Waals surface area contributed by atoms with Crippen molar-refractivity contribution in [1.29, 1.82) is 0 Å². The van der Waals surface area contributed by atoms with Crippen molar-refractivity contribution in [2.75, 3.05) is 6.61 Å². The molecule has 156 valence electrons. The van der Waals surface area contributed by atoms with E-state index in [1.807, 2.05) is 43.3 Å². The molecule has 0 saturated heterocycles. The second-order valence-electron chi connectivity index (χ2n) is 6.71. The summed E-state index contributed by atoms with van der Waals surface area (Å²) in [6.45, 7) is 2.81. The summed E-state index contributed by atoms with van der Waals surface area (Å²) in [6, 6.07) is 19.9. The van der Waals surface area contributed by atoms with Gasteiger partial charge in [0.25, 0.3) is 5.91 Å². The number of halogens is 1. The van der Waals surface area contributed by atoms with Crippen LogP contribution >= 0.6 is 11.6 Å². The van der Waals surface area contributed by atoms with Gasteiger partial charge >= 0.3 is 0 Å². The number of aromatic nitrogens is 2. The van der Waals surface area contributed by atoms with Gasteiger partial charge in [-0.2, -0.15) is 0 Å². The van der Waals surface area contributed by atoms with Crippen LogP contribution in [0.15, 0.2) is 72.9 Å². The average Bonchev–Trinajstić information content (AvgIpc) is 2.79. The Morgan fingerprint density at radius 2 is 1.87 bits per heavy atom. The fraction of sp³-hybridized carbons (Fsp3) is 0.125. The third kappa shape index (κ3) is 5.10. The Morgan fingerprint density at radius 3 is 2.65 bits per heavy atom. The van der Waals surface area contributed by atoms with E-state index in [4.69, 9.17) is 21.1 Å². The number of hydrogen-bond acceptors (Lipinski definition) is 5. The molecule has 0 bridgehead atoms. The molecule has 0 aliphatic rings. The van der Waals surface area contributed by atoms with Crippen LogP contribution in [0.25, 0.3) is 10.9 Å². The van der Waals surface area contributed by atoms with Gasteiger partial charge in [-0.15, -0.1) is 0 Å². The van der Waals surface area contributed by atoms with Gasteiger partial charge in [0.15, 0.2) is 11.5 Å². The van der Waals surface area contributed by atoms with Gasteiger partial charge in [0, 0.05) is 29.8 Å². The molecule has 4 rings (SSSR count). The molecule has 2 aromatic heterocycles. The van der Waals surface area contributed by atoms with Gasteiger partial charge in [0.05, 0.1) is 12.1 Å². The van der Waals surface area contributed by atoms with Crippen molar-refractivity contribution in [2.24, 2.45) is 0 Å². The number of ether oxygens (including phenoxy) is 2. The van der Waals surface area contributed by atoms with Crippen LogP contribution < -0.4 is 14.8 Å². The predicted molar refractivity (Wildman–Crippen MR) is 120 cm³/mol. The van der Waals surface area contributed by atoms with Gasteiger partial charge < -0.3 is 14.8 Å². The van der Waals surface area contributed by atoms with E-state index in [0.29, 0.717) is 41.2 Å². The molecule has 0 saturated carbocycles. The van der Waals surface area contributed by atoms with Gasteiger partial charge in [0.1, 0.15) is 5.15 Å². The summed E-state index contributed by atoms with van der Waals surface area (Å²) in [7, 11) is 0. The number of para-hydroxylation sites is 2. The molecule has 2 aromatic carbocycles. The van der Waals surface area contributed by atoms with Crippen LogP contribution in [0.3, 0.4) is 0 Å². The van der Waals surface area contributed by atoms with E-state index in [0.717, 1.165) is 16.5 Å². The van der Waals surface area contributed by atoms with E-state index in [2.05, 4.69) is 15.3 Å². The zero-order valence-electron chi connectivity index (χ0n) is 16.8. The maximum absolute atomic E-state index is 12.5. The second-order valence-corrected chi connectivity index (χ2v) is 7.10. The van der Waals surface area contributed by atoms with Crippen LogP contribution in [0, 0.1) is 0 Å². The second kappa shape index (κ2) is 9.45. The summed E-state index contributed by atoms with van der Waals surface area (Å²) in [4.78, 5) is 21.1. The summed E-state index contributed by atoms with van der Waals surface area (Å²) < 4.78 is 11.4. The van der Waals surface area contributed by atoms with Gasteiger partial charge in [-0.05, 0) is 55.0 Å². The first kappa shape index (κ1) is 20.6. The van der Waals surface area contributed by atoms with Crippen molar-refractivity contribution in [1.82, 2.24) is 15.3 Å². The minimum absolute atomic E-state index is 0.178. The van der Waals surface area contributed by atoms with Crippen molar-refractivity contribution in [2.45, 2.75) is 13.5 Å². The highest BCUT2D eigenvalue weighted by Gasteiger charge is 2.09. The van der Waals surface area contributed by atoms with Gasteiger partial charge in [-0.3, -0.25) is 4.79 Å². The number of amides is 1. The number of benzene rings is 2. The van der Waals surface area contributed by atoms with Crippen molar-refractivity contribution in [3.8, 4) is 17.4 Å². The molecule has 0 fully saturated rings. The van der Waals surface area contributed by atoms with Crippen LogP contribution in [0.1, 0.15) is 22.8 Å². The Kier molecular flexibility index (Phi) is 6.29. The van der Waals surface area contributed by atoms with Gasteiger partial charge in [0.2, 0.25) is 5.88 Å². The summed E-state index contributed by atoms with van der Waals surface area (Å²) >= 11 is 5.91. The average molecular weight is 434 g/mol. The molecule has 0 radical (unpaired) electrons. The molecule has 0 spiro atoms. The molecular formula is C24H20ClN3O3. The smallest absolute Gasteiger partial charge is 0.251 e. The lowest BCUT2D eigenvalue weighted by Crippen LogP contribution is -2.22. The maximum Gasteiger partial charge on any atom is 0.251 e. The van der Waals surface area contributed by atoms with Crippen molar-refractivity contribution >= 4 is 28.4 Å². The Morgan fingerprint density at radius 1 is 1.03 bits per heavy atom. The largest absolute Gasteiger partial charge is 0.490 e. The number of nitrogens with one attached hydrogen (secondary N) is 1. The van der Waals surface area contributed by atoms with Crippen LogP contribution in [-0.4, -0.2) is 22.5 Å². The van der Waals surface area contributed by atoms with E-state index < -0.39 is 0 Å². The SMILES string of the molecule is CCOc1ccccc1Oc1ccc(CNC(=O)c2ccc3nc(Cl)ccc3c2)cn1. The fourth-order valence-corrected chi connectivity index (χ4v) is 3.18. The van der Waals surface area contributed by atoms with Crippen LogP contribution in [0.4, 0.5) is 0 Å². The van der Waals surface area contributed by atoms with Gasteiger partial charge in [-0.1, -0.05) is 29.8 Å². The summed E-state index contributed by atoms with van der Waals surface area (Å²) in [5.41, 5.74) is 2.15.